The molecule has 1 heterocycles. The van der Waals surface area contributed by atoms with Gasteiger partial charge in [0, 0.05) is 18.4 Å². The molecule has 0 amide bonds. The zero-order valence-electron chi connectivity index (χ0n) is 9.00. The molecule has 0 spiro atoms. The molecule has 0 aromatic carbocycles. The molecule has 2 atom stereocenters. The molecule has 0 aliphatic rings. The summed E-state index contributed by atoms with van der Waals surface area (Å²) in [5, 5.41) is 27.8. The number of pyridine rings is 1. The molecule has 0 aliphatic carbocycles. The maximum absolute atomic E-state index is 9.71. The number of aliphatic hydroxyl groups is 3. The van der Waals surface area contributed by atoms with Gasteiger partial charge in [-0.15, -0.1) is 0 Å². The lowest BCUT2D eigenvalue weighted by molar-refractivity contribution is 0.00404. The van der Waals surface area contributed by atoms with Crippen LogP contribution in [0.3, 0.4) is 0 Å². The van der Waals surface area contributed by atoms with Gasteiger partial charge < -0.3 is 25.8 Å². The Morgan fingerprint density at radius 3 is 2.69 bits per heavy atom. The van der Waals surface area contributed by atoms with Gasteiger partial charge in [-0.25, -0.2) is 4.98 Å². The normalized spacial score (nSPS) is 14.5. The predicted molar refractivity (Wildman–Crippen MR) is 57.9 cm³/mol. The van der Waals surface area contributed by atoms with Crippen LogP contribution in [0.1, 0.15) is 18.1 Å². The lowest BCUT2D eigenvalue weighted by atomic mass is 10.0. The van der Waals surface area contributed by atoms with Crippen molar-refractivity contribution >= 4 is 5.69 Å². The van der Waals surface area contributed by atoms with E-state index in [2.05, 4.69) is 4.98 Å². The predicted octanol–water partition coefficient (Wildman–Crippen LogP) is -0.551. The molecule has 1 aromatic rings. The Morgan fingerprint density at radius 2 is 2.19 bits per heavy atom. The first-order valence-electron chi connectivity index (χ1n) is 4.86. The maximum atomic E-state index is 9.71. The number of hydrogen-bond donors (Lipinski definition) is 4. The number of methoxy groups -OCH3 is 1. The summed E-state index contributed by atoms with van der Waals surface area (Å²) in [4.78, 5) is 3.88. The van der Waals surface area contributed by atoms with Crippen LogP contribution in [0.2, 0.25) is 0 Å². The second kappa shape index (κ2) is 5.64. The van der Waals surface area contributed by atoms with Gasteiger partial charge >= 0.3 is 0 Å². The molecule has 1 aromatic heterocycles. The summed E-state index contributed by atoms with van der Waals surface area (Å²) in [6, 6.07) is 1.48. The molecular weight excluding hydrogens is 212 g/mol. The van der Waals surface area contributed by atoms with E-state index in [4.69, 9.17) is 15.6 Å². The number of nitrogens with two attached hydrogens (primary N) is 1. The van der Waals surface area contributed by atoms with Crippen LogP contribution in [0, 0.1) is 0 Å². The lowest BCUT2D eigenvalue weighted by Gasteiger charge is -2.17. The fourth-order valence-corrected chi connectivity index (χ4v) is 1.33. The zero-order chi connectivity index (χ0) is 12.1. The van der Waals surface area contributed by atoms with E-state index < -0.39 is 12.2 Å². The lowest BCUT2D eigenvalue weighted by Crippen LogP contribution is -2.19. The van der Waals surface area contributed by atoms with Gasteiger partial charge in [-0.1, -0.05) is 0 Å². The minimum atomic E-state index is -1.12. The minimum Gasteiger partial charge on any atom is -0.480 e. The number of nitrogen functional groups attached to an aromatic ring is 1. The first-order valence-corrected chi connectivity index (χ1v) is 4.86. The Labute approximate surface area is 93.3 Å². The third-order valence-corrected chi connectivity index (χ3v) is 2.22. The van der Waals surface area contributed by atoms with Crippen molar-refractivity contribution < 1.29 is 20.1 Å². The molecule has 0 saturated carbocycles. The average molecular weight is 228 g/mol. The summed E-state index contributed by atoms with van der Waals surface area (Å²) in [6.45, 7) is -0.197. The number of hydrogen-bond acceptors (Lipinski definition) is 6. The van der Waals surface area contributed by atoms with Crippen molar-refractivity contribution in [3.05, 3.63) is 17.8 Å². The van der Waals surface area contributed by atoms with E-state index in [9.17, 15) is 10.2 Å². The highest BCUT2D eigenvalue weighted by Gasteiger charge is 2.19. The molecule has 0 aliphatic heterocycles. The smallest absolute Gasteiger partial charge is 0.236 e. The van der Waals surface area contributed by atoms with E-state index in [1.54, 1.807) is 0 Å². The van der Waals surface area contributed by atoms with Gasteiger partial charge in [-0.3, -0.25) is 0 Å². The molecular formula is C10H16N2O4. The van der Waals surface area contributed by atoms with Crippen molar-refractivity contribution in [3.63, 3.8) is 0 Å². The Kier molecular flexibility index (Phi) is 4.48. The molecule has 0 fully saturated rings. The highest BCUT2D eigenvalue weighted by Crippen LogP contribution is 2.24. The monoisotopic (exact) mass is 228 g/mol. The quantitative estimate of drug-likeness (QED) is 0.538. The number of ether oxygens (including phenoxy) is 1. The van der Waals surface area contributed by atoms with Crippen LogP contribution in [0.25, 0.3) is 0 Å². The molecule has 16 heavy (non-hydrogen) atoms. The number of aromatic nitrogens is 1. The van der Waals surface area contributed by atoms with Crippen molar-refractivity contribution in [2.75, 3.05) is 19.5 Å². The summed E-state index contributed by atoms with van der Waals surface area (Å²) >= 11 is 0. The van der Waals surface area contributed by atoms with Gasteiger partial charge in [-0.2, -0.15) is 0 Å². The Morgan fingerprint density at radius 1 is 1.50 bits per heavy atom. The van der Waals surface area contributed by atoms with Gasteiger partial charge in [0.1, 0.15) is 6.10 Å². The molecule has 6 heteroatoms. The van der Waals surface area contributed by atoms with Crippen molar-refractivity contribution in [1.82, 2.24) is 4.98 Å². The summed E-state index contributed by atoms with van der Waals surface area (Å²) in [6.07, 6.45) is -0.694. The fourth-order valence-electron chi connectivity index (χ4n) is 1.33. The largest absolute Gasteiger partial charge is 0.480 e. The van der Waals surface area contributed by atoms with Crippen LogP contribution in [0.15, 0.2) is 12.3 Å². The first-order chi connectivity index (χ1) is 7.60. The van der Waals surface area contributed by atoms with Crippen molar-refractivity contribution in [1.29, 1.82) is 0 Å². The fraction of sp³-hybridized carbons (Fsp3) is 0.500. The van der Waals surface area contributed by atoms with Crippen molar-refractivity contribution in [2.24, 2.45) is 0 Å². The second-order valence-electron chi connectivity index (χ2n) is 3.39. The van der Waals surface area contributed by atoms with Crippen LogP contribution in [-0.4, -0.2) is 40.1 Å². The van der Waals surface area contributed by atoms with Gasteiger partial charge in [0.2, 0.25) is 5.88 Å². The van der Waals surface area contributed by atoms with E-state index in [0.717, 1.165) is 0 Å². The minimum absolute atomic E-state index is 0.0904. The molecule has 6 nitrogen and oxygen atoms in total. The van der Waals surface area contributed by atoms with E-state index in [1.165, 1.54) is 19.4 Å². The van der Waals surface area contributed by atoms with Gasteiger partial charge in [0.05, 0.1) is 18.9 Å². The molecule has 1 rings (SSSR count). The van der Waals surface area contributed by atoms with E-state index in [1.807, 2.05) is 0 Å². The summed E-state index contributed by atoms with van der Waals surface area (Å²) < 4.78 is 4.87. The van der Waals surface area contributed by atoms with E-state index in [-0.39, 0.29) is 24.6 Å². The summed E-state index contributed by atoms with van der Waals surface area (Å²) in [7, 11) is 1.44. The highest BCUT2D eigenvalue weighted by atomic mass is 16.5. The van der Waals surface area contributed by atoms with Crippen LogP contribution in [-0.2, 0) is 0 Å². The third-order valence-electron chi connectivity index (χ3n) is 2.22. The molecule has 5 N–H and O–H groups in total. The molecule has 0 radical (unpaired) electrons. The Hall–Kier alpha value is -1.37. The van der Waals surface area contributed by atoms with Crippen LogP contribution >= 0.6 is 0 Å². The maximum Gasteiger partial charge on any atom is 0.236 e. The van der Waals surface area contributed by atoms with E-state index in [0.29, 0.717) is 5.56 Å². The highest BCUT2D eigenvalue weighted by molar-refractivity contribution is 5.49. The second-order valence-corrected chi connectivity index (χ2v) is 3.39. The first kappa shape index (κ1) is 12.7. The van der Waals surface area contributed by atoms with Crippen LogP contribution in [0.4, 0.5) is 5.69 Å². The van der Waals surface area contributed by atoms with Crippen LogP contribution < -0.4 is 10.5 Å². The van der Waals surface area contributed by atoms with Crippen molar-refractivity contribution in [2.45, 2.75) is 18.6 Å². The topological polar surface area (TPSA) is 109 Å². The number of anilines is 1. The standard InChI is InChI=1S/C10H16N2O4/c1-16-10-7(11)4-6(5-12-10)9(15)8(14)2-3-13/h4-5,8-9,13-15H,2-3,11H2,1H3. The molecule has 2 unspecified atom stereocenters. The number of aliphatic hydroxyl groups excluding tert-OH is 3. The number of nitrogens with zero attached hydrogens (tertiary/aromatic N) is 1. The summed E-state index contributed by atoms with van der Waals surface area (Å²) in [5.74, 6) is 0.271. The Bertz CT molecular complexity index is 346. The van der Waals surface area contributed by atoms with Gasteiger partial charge in [0.25, 0.3) is 0 Å². The number of rotatable bonds is 5. The Balaban J connectivity index is 2.84. The third kappa shape index (κ3) is 2.82. The zero-order valence-corrected chi connectivity index (χ0v) is 9.00. The molecule has 0 saturated heterocycles. The SMILES string of the molecule is COc1ncc(C(O)C(O)CCO)cc1N. The van der Waals surface area contributed by atoms with E-state index >= 15 is 0 Å². The summed E-state index contributed by atoms with van der Waals surface area (Å²) in [5.41, 5.74) is 6.29. The average Bonchev–Trinajstić information content (AvgIpc) is 2.28. The van der Waals surface area contributed by atoms with Crippen molar-refractivity contribution in [3.8, 4) is 5.88 Å². The molecule has 0 bridgehead atoms. The van der Waals surface area contributed by atoms with Gasteiger partial charge in [-0.05, 0) is 12.5 Å². The van der Waals surface area contributed by atoms with Crippen LogP contribution in [0.5, 0.6) is 5.88 Å². The van der Waals surface area contributed by atoms with Gasteiger partial charge in [0.15, 0.2) is 0 Å². The molecule has 90 valence electrons.